The summed E-state index contributed by atoms with van der Waals surface area (Å²) in [5, 5.41) is 4.62. The normalized spacial score (nSPS) is 11.9. The minimum Gasteiger partial charge on any atom is -0.399 e. The SMILES string of the molecule is CC(C)(C)c1cc2ncc(-c3cccc(N)c3)cn2n1. The van der Waals surface area contributed by atoms with Crippen LogP contribution in [0.1, 0.15) is 26.5 Å². The van der Waals surface area contributed by atoms with Crippen LogP contribution >= 0.6 is 0 Å². The molecule has 0 saturated carbocycles. The minimum absolute atomic E-state index is 0.0189. The van der Waals surface area contributed by atoms with Crippen molar-refractivity contribution < 1.29 is 0 Å². The number of hydrogen-bond acceptors (Lipinski definition) is 3. The maximum absolute atomic E-state index is 5.83. The van der Waals surface area contributed by atoms with Crippen LogP contribution in [0.4, 0.5) is 5.69 Å². The predicted octanol–water partition coefficient (Wildman–Crippen LogP) is 3.28. The van der Waals surface area contributed by atoms with Gasteiger partial charge in [-0.15, -0.1) is 0 Å². The molecule has 2 heterocycles. The first-order valence-electron chi connectivity index (χ1n) is 6.65. The van der Waals surface area contributed by atoms with Gasteiger partial charge in [0.1, 0.15) is 0 Å². The van der Waals surface area contributed by atoms with Crippen LogP contribution in [0.2, 0.25) is 0 Å². The van der Waals surface area contributed by atoms with Gasteiger partial charge in [-0.3, -0.25) is 0 Å². The summed E-state index contributed by atoms with van der Waals surface area (Å²) < 4.78 is 1.83. The van der Waals surface area contributed by atoms with Crippen molar-refractivity contribution in [3.63, 3.8) is 0 Å². The van der Waals surface area contributed by atoms with Crippen molar-refractivity contribution in [2.45, 2.75) is 26.2 Å². The van der Waals surface area contributed by atoms with Crippen LogP contribution in [0.15, 0.2) is 42.7 Å². The van der Waals surface area contributed by atoms with E-state index in [0.717, 1.165) is 28.2 Å². The molecular formula is C16H18N4. The number of nitrogen functional groups attached to an aromatic ring is 1. The van der Waals surface area contributed by atoms with Gasteiger partial charge in [0.15, 0.2) is 5.65 Å². The molecule has 0 atom stereocenters. The van der Waals surface area contributed by atoms with E-state index < -0.39 is 0 Å². The zero-order valence-electron chi connectivity index (χ0n) is 12.0. The van der Waals surface area contributed by atoms with E-state index in [1.165, 1.54) is 0 Å². The summed E-state index contributed by atoms with van der Waals surface area (Å²) >= 11 is 0. The number of hydrogen-bond donors (Lipinski definition) is 1. The quantitative estimate of drug-likeness (QED) is 0.688. The molecule has 0 aliphatic carbocycles. The Balaban J connectivity index is 2.11. The summed E-state index contributed by atoms with van der Waals surface area (Å²) in [5.41, 5.74) is 10.6. The first-order valence-corrected chi connectivity index (χ1v) is 6.65. The Labute approximate surface area is 118 Å². The average molecular weight is 266 g/mol. The van der Waals surface area contributed by atoms with Crippen molar-refractivity contribution >= 4 is 11.3 Å². The van der Waals surface area contributed by atoms with Crippen molar-refractivity contribution in [1.29, 1.82) is 0 Å². The zero-order chi connectivity index (χ0) is 14.3. The number of anilines is 1. The largest absolute Gasteiger partial charge is 0.399 e. The lowest BCUT2D eigenvalue weighted by atomic mass is 9.93. The van der Waals surface area contributed by atoms with Crippen molar-refractivity contribution in [3.8, 4) is 11.1 Å². The summed E-state index contributed by atoms with van der Waals surface area (Å²) in [6, 6.07) is 9.81. The molecule has 4 nitrogen and oxygen atoms in total. The van der Waals surface area contributed by atoms with E-state index in [9.17, 15) is 0 Å². The highest BCUT2D eigenvalue weighted by Crippen LogP contribution is 2.24. The van der Waals surface area contributed by atoms with Gasteiger partial charge < -0.3 is 5.73 Å². The monoisotopic (exact) mass is 266 g/mol. The number of rotatable bonds is 1. The molecule has 102 valence electrons. The molecule has 0 radical (unpaired) electrons. The molecule has 20 heavy (non-hydrogen) atoms. The number of benzene rings is 1. The van der Waals surface area contributed by atoms with Crippen molar-refractivity contribution in [2.75, 3.05) is 5.73 Å². The molecule has 3 aromatic rings. The fraction of sp³-hybridized carbons (Fsp3) is 0.250. The Morgan fingerprint density at radius 1 is 1.10 bits per heavy atom. The van der Waals surface area contributed by atoms with Gasteiger partial charge in [0.2, 0.25) is 0 Å². The second kappa shape index (κ2) is 4.34. The second-order valence-electron chi connectivity index (χ2n) is 6.05. The van der Waals surface area contributed by atoms with Crippen LogP contribution < -0.4 is 5.73 Å². The zero-order valence-corrected chi connectivity index (χ0v) is 12.0. The molecule has 3 rings (SSSR count). The van der Waals surface area contributed by atoms with Crippen molar-refractivity contribution in [2.24, 2.45) is 0 Å². The van der Waals surface area contributed by atoms with E-state index in [2.05, 4.69) is 30.9 Å². The van der Waals surface area contributed by atoms with E-state index in [0.29, 0.717) is 0 Å². The predicted molar refractivity (Wildman–Crippen MR) is 81.5 cm³/mol. The van der Waals surface area contributed by atoms with Crippen LogP contribution in [-0.2, 0) is 5.41 Å². The lowest BCUT2D eigenvalue weighted by molar-refractivity contribution is 0.562. The molecule has 0 amide bonds. The average Bonchev–Trinajstić information content (AvgIpc) is 2.81. The molecule has 0 unspecified atom stereocenters. The van der Waals surface area contributed by atoms with Crippen LogP contribution in [-0.4, -0.2) is 14.6 Å². The highest BCUT2D eigenvalue weighted by Gasteiger charge is 2.18. The third-order valence-electron chi connectivity index (χ3n) is 3.30. The fourth-order valence-electron chi connectivity index (χ4n) is 2.11. The van der Waals surface area contributed by atoms with Gasteiger partial charge in [0.05, 0.1) is 5.69 Å². The topological polar surface area (TPSA) is 56.2 Å². The van der Waals surface area contributed by atoms with Crippen molar-refractivity contribution in [1.82, 2.24) is 14.6 Å². The van der Waals surface area contributed by atoms with Crippen LogP contribution in [0.3, 0.4) is 0 Å². The van der Waals surface area contributed by atoms with Crippen LogP contribution in [0, 0.1) is 0 Å². The molecule has 0 spiro atoms. The maximum Gasteiger partial charge on any atom is 0.155 e. The molecule has 4 heteroatoms. The molecule has 1 aromatic carbocycles. The third-order valence-corrected chi connectivity index (χ3v) is 3.30. The smallest absolute Gasteiger partial charge is 0.155 e. The van der Waals surface area contributed by atoms with E-state index >= 15 is 0 Å². The Hall–Kier alpha value is -2.36. The van der Waals surface area contributed by atoms with Gasteiger partial charge in [0.25, 0.3) is 0 Å². The molecule has 0 fully saturated rings. The van der Waals surface area contributed by atoms with Crippen LogP contribution in [0.25, 0.3) is 16.8 Å². The first-order chi connectivity index (χ1) is 9.43. The van der Waals surface area contributed by atoms with Gasteiger partial charge in [-0.2, -0.15) is 5.10 Å². The second-order valence-corrected chi connectivity index (χ2v) is 6.05. The molecule has 0 saturated heterocycles. The number of nitrogens with two attached hydrogens (primary N) is 1. The summed E-state index contributed by atoms with van der Waals surface area (Å²) in [6.45, 7) is 6.44. The fourth-order valence-corrected chi connectivity index (χ4v) is 2.11. The minimum atomic E-state index is 0.0189. The third kappa shape index (κ3) is 2.25. The number of fused-ring (bicyclic) bond motifs is 1. The van der Waals surface area contributed by atoms with E-state index in [4.69, 9.17) is 5.73 Å². The summed E-state index contributed by atoms with van der Waals surface area (Å²) in [7, 11) is 0. The molecule has 2 N–H and O–H groups in total. The van der Waals surface area contributed by atoms with Crippen LogP contribution in [0.5, 0.6) is 0 Å². The Morgan fingerprint density at radius 2 is 1.90 bits per heavy atom. The Bertz CT molecular complexity index is 765. The highest BCUT2D eigenvalue weighted by atomic mass is 15.2. The number of nitrogens with zero attached hydrogens (tertiary/aromatic N) is 3. The van der Waals surface area contributed by atoms with Crippen molar-refractivity contribution in [3.05, 3.63) is 48.4 Å². The molecule has 2 aromatic heterocycles. The Morgan fingerprint density at radius 3 is 2.60 bits per heavy atom. The van der Waals surface area contributed by atoms with E-state index in [1.807, 2.05) is 47.2 Å². The lowest BCUT2D eigenvalue weighted by Crippen LogP contribution is -2.11. The Kier molecular flexibility index (Phi) is 2.74. The van der Waals surface area contributed by atoms with E-state index in [-0.39, 0.29) is 5.41 Å². The van der Waals surface area contributed by atoms with Gasteiger partial charge in [-0.1, -0.05) is 32.9 Å². The lowest BCUT2D eigenvalue weighted by Gasteiger charge is -2.13. The summed E-state index contributed by atoms with van der Waals surface area (Å²) in [4.78, 5) is 4.48. The van der Waals surface area contributed by atoms with Gasteiger partial charge in [-0.25, -0.2) is 9.50 Å². The first kappa shape index (κ1) is 12.7. The maximum atomic E-state index is 5.83. The summed E-state index contributed by atoms with van der Waals surface area (Å²) in [5.74, 6) is 0. The van der Waals surface area contributed by atoms with Gasteiger partial charge in [-0.05, 0) is 17.7 Å². The molecule has 0 bridgehead atoms. The van der Waals surface area contributed by atoms with Gasteiger partial charge >= 0.3 is 0 Å². The van der Waals surface area contributed by atoms with E-state index in [1.54, 1.807) is 0 Å². The summed E-state index contributed by atoms with van der Waals surface area (Å²) in [6.07, 6.45) is 3.85. The standard InChI is InChI=1S/C16H18N4/c1-16(2,3)14-8-15-18-9-12(10-20(15)19-14)11-5-4-6-13(17)7-11/h4-10H,17H2,1-3H3. The molecule has 0 aliphatic rings. The number of aromatic nitrogens is 3. The van der Waals surface area contributed by atoms with Gasteiger partial charge in [0, 0.05) is 35.1 Å². The molecule has 0 aliphatic heterocycles. The molecular weight excluding hydrogens is 248 g/mol. The highest BCUT2D eigenvalue weighted by molar-refractivity contribution is 5.66.